The van der Waals surface area contributed by atoms with Crippen LogP contribution in [0.2, 0.25) is 0 Å². The summed E-state index contributed by atoms with van der Waals surface area (Å²) in [5.74, 6) is 0.691. The van der Waals surface area contributed by atoms with E-state index in [0.717, 1.165) is 15.8 Å². The van der Waals surface area contributed by atoms with Crippen molar-refractivity contribution in [2.75, 3.05) is 13.7 Å². The molecule has 1 aromatic carbocycles. The zero-order valence-corrected chi connectivity index (χ0v) is 12.5. The first-order chi connectivity index (χ1) is 8.40. The van der Waals surface area contributed by atoms with Crippen LogP contribution in [-0.2, 0) is 11.3 Å². The largest absolute Gasteiger partial charge is 0.496 e. The molecule has 0 bridgehead atoms. The number of methoxy groups -OCH3 is 1. The fourth-order valence-electron chi connectivity index (χ4n) is 1.39. The highest BCUT2D eigenvalue weighted by atomic mass is 79.9. The monoisotopic (exact) mass is 314 g/mol. The Morgan fingerprint density at radius 1 is 1.50 bits per heavy atom. The third-order valence-corrected chi connectivity index (χ3v) is 3.30. The maximum atomic E-state index is 11.9. The second-order valence-electron chi connectivity index (χ2n) is 4.73. The van der Waals surface area contributed by atoms with Crippen molar-refractivity contribution in [3.05, 3.63) is 28.2 Å². The van der Waals surface area contributed by atoms with E-state index in [4.69, 9.17) is 10.5 Å². The van der Waals surface area contributed by atoms with Crippen LogP contribution >= 0.6 is 15.9 Å². The number of benzene rings is 1. The zero-order valence-electron chi connectivity index (χ0n) is 10.9. The highest BCUT2D eigenvalue weighted by Crippen LogP contribution is 2.23. The summed E-state index contributed by atoms with van der Waals surface area (Å²) in [6.45, 7) is 4.38. The number of amides is 1. The molecule has 4 nitrogen and oxygen atoms in total. The van der Waals surface area contributed by atoms with E-state index in [0.29, 0.717) is 13.1 Å². The lowest BCUT2D eigenvalue weighted by molar-refractivity contribution is -0.129. The molecule has 0 aromatic heterocycles. The Balaban J connectivity index is 2.74. The summed E-state index contributed by atoms with van der Waals surface area (Å²) in [4.78, 5) is 11.9. The van der Waals surface area contributed by atoms with E-state index in [-0.39, 0.29) is 5.91 Å². The minimum absolute atomic E-state index is 0.0629. The Hall–Kier alpha value is -1.07. The van der Waals surface area contributed by atoms with Crippen LogP contribution in [0.5, 0.6) is 5.75 Å². The number of rotatable bonds is 5. The summed E-state index contributed by atoms with van der Waals surface area (Å²) in [6, 6.07) is 5.68. The molecule has 0 spiro atoms. The predicted molar refractivity (Wildman–Crippen MR) is 75.4 cm³/mol. The van der Waals surface area contributed by atoms with Crippen LogP contribution in [0.15, 0.2) is 22.7 Å². The van der Waals surface area contributed by atoms with Crippen molar-refractivity contribution in [3.63, 3.8) is 0 Å². The average Bonchev–Trinajstić information content (AvgIpc) is 2.36. The van der Waals surface area contributed by atoms with E-state index in [9.17, 15) is 4.79 Å². The van der Waals surface area contributed by atoms with E-state index in [2.05, 4.69) is 21.2 Å². The van der Waals surface area contributed by atoms with Crippen LogP contribution < -0.4 is 15.8 Å². The summed E-state index contributed by atoms with van der Waals surface area (Å²) in [5.41, 5.74) is 5.93. The minimum atomic E-state index is -0.556. The first-order valence-electron chi connectivity index (χ1n) is 5.71. The van der Waals surface area contributed by atoms with Crippen LogP contribution in [0.25, 0.3) is 0 Å². The van der Waals surface area contributed by atoms with Crippen LogP contribution in [0.1, 0.15) is 19.4 Å². The van der Waals surface area contributed by atoms with Crippen molar-refractivity contribution in [1.29, 1.82) is 0 Å². The number of ether oxygens (including phenoxy) is 1. The molecule has 3 N–H and O–H groups in total. The van der Waals surface area contributed by atoms with Gasteiger partial charge in [0, 0.05) is 23.1 Å². The number of nitrogens with two attached hydrogens (primary N) is 1. The molecule has 0 aliphatic carbocycles. The summed E-state index contributed by atoms with van der Waals surface area (Å²) in [5, 5.41) is 2.87. The molecule has 0 unspecified atom stereocenters. The zero-order chi connectivity index (χ0) is 13.8. The van der Waals surface area contributed by atoms with Crippen molar-refractivity contribution >= 4 is 21.8 Å². The maximum absolute atomic E-state index is 11.9. The summed E-state index contributed by atoms with van der Waals surface area (Å²) in [6.07, 6.45) is 0. The lowest BCUT2D eigenvalue weighted by Crippen LogP contribution is -2.41. The molecule has 1 amide bonds. The number of carbonyl (C=O) groups excluding carboxylic acids is 1. The standard InChI is InChI=1S/C13H19BrN2O2/c1-13(2,8-15)12(17)16-7-9-6-10(14)4-5-11(9)18-3/h4-6H,7-8,15H2,1-3H3,(H,16,17). The first-order valence-corrected chi connectivity index (χ1v) is 6.51. The number of hydrogen-bond acceptors (Lipinski definition) is 3. The molecular weight excluding hydrogens is 296 g/mol. The SMILES string of the molecule is COc1ccc(Br)cc1CNC(=O)C(C)(C)CN. The summed E-state index contributed by atoms with van der Waals surface area (Å²) >= 11 is 3.40. The predicted octanol–water partition coefficient (Wildman–Crippen LogP) is 2.06. The molecule has 18 heavy (non-hydrogen) atoms. The highest BCUT2D eigenvalue weighted by molar-refractivity contribution is 9.10. The molecule has 1 rings (SSSR count). The number of nitrogens with one attached hydrogen (secondary N) is 1. The van der Waals surface area contributed by atoms with Gasteiger partial charge in [-0.2, -0.15) is 0 Å². The lowest BCUT2D eigenvalue weighted by Gasteiger charge is -2.21. The van der Waals surface area contributed by atoms with Gasteiger partial charge in [0.15, 0.2) is 0 Å². The molecule has 1 aromatic rings. The Kier molecular flexibility index (Phi) is 5.16. The Bertz CT molecular complexity index is 433. The van der Waals surface area contributed by atoms with Gasteiger partial charge in [-0.25, -0.2) is 0 Å². The summed E-state index contributed by atoms with van der Waals surface area (Å²) in [7, 11) is 1.61. The minimum Gasteiger partial charge on any atom is -0.496 e. The smallest absolute Gasteiger partial charge is 0.227 e. The van der Waals surface area contributed by atoms with Gasteiger partial charge < -0.3 is 15.8 Å². The third kappa shape index (κ3) is 3.71. The number of hydrogen-bond donors (Lipinski definition) is 2. The van der Waals surface area contributed by atoms with Gasteiger partial charge in [0.25, 0.3) is 0 Å². The molecule has 100 valence electrons. The molecule has 0 radical (unpaired) electrons. The van der Waals surface area contributed by atoms with E-state index in [1.807, 2.05) is 32.0 Å². The van der Waals surface area contributed by atoms with Crippen LogP contribution in [0.4, 0.5) is 0 Å². The topological polar surface area (TPSA) is 64.3 Å². The molecular formula is C13H19BrN2O2. The van der Waals surface area contributed by atoms with Crippen molar-refractivity contribution in [2.45, 2.75) is 20.4 Å². The van der Waals surface area contributed by atoms with E-state index >= 15 is 0 Å². The van der Waals surface area contributed by atoms with Crippen molar-refractivity contribution in [1.82, 2.24) is 5.32 Å². The molecule has 0 saturated heterocycles. The van der Waals surface area contributed by atoms with E-state index in [1.165, 1.54) is 0 Å². The quantitative estimate of drug-likeness (QED) is 0.874. The van der Waals surface area contributed by atoms with Crippen LogP contribution in [-0.4, -0.2) is 19.6 Å². The summed E-state index contributed by atoms with van der Waals surface area (Å²) < 4.78 is 6.20. The van der Waals surface area contributed by atoms with E-state index < -0.39 is 5.41 Å². The Morgan fingerprint density at radius 3 is 2.72 bits per heavy atom. The maximum Gasteiger partial charge on any atom is 0.227 e. The number of halogens is 1. The van der Waals surface area contributed by atoms with Gasteiger partial charge in [-0.05, 0) is 32.0 Å². The molecule has 0 saturated carbocycles. The fourth-order valence-corrected chi connectivity index (χ4v) is 1.80. The van der Waals surface area contributed by atoms with Crippen molar-refractivity contribution in [3.8, 4) is 5.75 Å². The first kappa shape index (κ1) is 15.0. The van der Waals surface area contributed by atoms with Crippen molar-refractivity contribution in [2.24, 2.45) is 11.1 Å². The average molecular weight is 315 g/mol. The molecule has 0 aliphatic heterocycles. The second-order valence-corrected chi connectivity index (χ2v) is 5.64. The van der Waals surface area contributed by atoms with E-state index in [1.54, 1.807) is 7.11 Å². The molecule has 0 aliphatic rings. The second kappa shape index (κ2) is 6.20. The third-order valence-electron chi connectivity index (χ3n) is 2.81. The Labute approximate surface area is 116 Å². The normalized spacial score (nSPS) is 11.2. The fraction of sp³-hybridized carbons (Fsp3) is 0.462. The van der Waals surface area contributed by atoms with Gasteiger partial charge in [0.05, 0.1) is 12.5 Å². The van der Waals surface area contributed by atoms with Crippen molar-refractivity contribution < 1.29 is 9.53 Å². The van der Waals surface area contributed by atoms with Gasteiger partial charge in [-0.3, -0.25) is 4.79 Å². The van der Waals surface area contributed by atoms with Gasteiger partial charge in [0.2, 0.25) is 5.91 Å². The number of carbonyl (C=O) groups is 1. The Morgan fingerprint density at radius 2 is 2.17 bits per heavy atom. The highest BCUT2D eigenvalue weighted by Gasteiger charge is 2.25. The molecule has 5 heteroatoms. The molecule has 0 atom stereocenters. The molecule has 0 heterocycles. The van der Waals surface area contributed by atoms with Gasteiger partial charge in [0.1, 0.15) is 5.75 Å². The van der Waals surface area contributed by atoms with Gasteiger partial charge in [-0.1, -0.05) is 15.9 Å². The van der Waals surface area contributed by atoms with Gasteiger partial charge in [-0.15, -0.1) is 0 Å². The van der Waals surface area contributed by atoms with Crippen LogP contribution in [0.3, 0.4) is 0 Å². The van der Waals surface area contributed by atoms with Crippen LogP contribution in [0, 0.1) is 5.41 Å². The molecule has 0 fully saturated rings. The lowest BCUT2D eigenvalue weighted by atomic mass is 9.92. The van der Waals surface area contributed by atoms with Gasteiger partial charge >= 0.3 is 0 Å².